The highest BCUT2D eigenvalue weighted by Crippen LogP contribution is 2.14. The van der Waals surface area contributed by atoms with Crippen molar-refractivity contribution < 1.29 is 9.84 Å². The van der Waals surface area contributed by atoms with Crippen molar-refractivity contribution in [2.45, 2.75) is 38.6 Å². The number of benzene rings is 1. The van der Waals surface area contributed by atoms with Crippen LogP contribution in [0.5, 0.6) is 5.75 Å². The summed E-state index contributed by atoms with van der Waals surface area (Å²) in [6.45, 7) is 5.21. The summed E-state index contributed by atoms with van der Waals surface area (Å²) in [4.78, 5) is 0. The van der Waals surface area contributed by atoms with Crippen molar-refractivity contribution in [1.82, 2.24) is 5.32 Å². The molecule has 3 heteroatoms. The number of aromatic hydroxyl groups is 1. The first-order chi connectivity index (χ1) is 9.24. The van der Waals surface area contributed by atoms with Crippen LogP contribution in [0.2, 0.25) is 0 Å². The molecule has 0 saturated carbocycles. The van der Waals surface area contributed by atoms with Crippen molar-refractivity contribution in [3.63, 3.8) is 0 Å². The molecule has 0 aliphatic carbocycles. The lowest BCUT2D eigenvalue weighted by Gasteiger charge is -2.24. The molecule has 1 saturated heterocycles. The molecule has 1 heterocycles. The molecular weight excluding hydrogens is 238 g/mol. The zero-order valence-electron chi connectivity index (χ0n) is 11.8. The summed E-state index contributed by atoms with van der Waals surface area (Å²) in [6, 6.07) is 8.06. The van der Waals surface area contributed by atoms with Crippen molar-refractivity contribution in [3.8, 4) is 5.75 Å². The lowest BCUT2D eigenvalue weighted by molar-refractivity contribution is 0.0655. The van der Waals surface area contributed by atoms with Gasteiger partial charge in [0.05, 0.1) is 0 Å². The Morgan fingerprint density at radius 1 is 1.26 bits per heavy atom. The number of hydrogen-bond donors (Lipinski definition) is 2. The van der Waals surface area contributed by atoms with E-state index in [9.17, 15) is 5.11 Å². The monoisotopic (exact) mass is 263 g/mol. The molecule has 0 aromatic heterocycles. The zero-order valence-corrected chi connectivity index (χ0v) is 11.8. The van der Waals surface area contributed by atoms with Gasteiger partial charge in [0.2, 0.25) is 0 Å². The second kappa shape index (κ2) is 7.51. The summed E-state index contributed by atoms with van der Waals surface area (Å²) in [5.74, 6) is 1.12. The summed E-state index contributed by atoms with van der Waals surface area (Å²) < 4.78 is 5.37. The van der Waals surface area contributed by atoms with Gasteiger partial charge in [-0.1, -0.05) is 12.1 Å². The molecule has 1 aliphatic heterocycles. The number of aryl methyl sites for hydroxylation is 1. The lowest BCUT2D eigenvalue weighted by atomic mass is 9.99. The molecule has 1 fully saturated rings. The van der Waals surface area contributed by atoms with Crippen LogP contribution in [0.25, 0.3) is 0 Å². The van der Waals surface area contributed by atoms with E-state index in [0.29, 0.717) is 11.8 Å². The third kappa shape index (κ3) is 5.21. The van der Waals surface area contributed by atoms with Crippen LogP contribution in [0, 0.1) is 5.92 Å². The van der Waals surface area contributed by atoms with Crippen LogP contribution in [0.4, 0.5) is 0 Å². The highest BCUT2D eigenvalue weighted by Gasteiger charge is 2.14. The fourth-order valence-corrected chi connectivity index (χ4v) is 2.47. The van der Waals surface area contributed by atoms with E-state index in [2.05, 4.69) is 12.2 Å². The van der Waals surface area contributed by atoms with Gasteiger partial charge in [-0.05, 0) is 62.8 Å². The second-order valence-corrected chi connectivity index (χ2v) is 5.57. The third-order valence-corrected chi connectivity index (χ3v) is 3.90. The van der Waals surface area contributed by atoms with E-state index in [4.69, 9.17) is 4.74 Å². The molecule has 0 amide bonds. The van der Waals surface area contributed by atoms with Crippen LogP contribution < -0.4 is 5.32 Å². The molecule has 0 radical (unpaired) electrons. The molecule has 19 heavy (non-hydrogen) atoms. The Morgan fingerprint density at radius 3 is 2.63 bits per heavy atom. The number of hydrogen-bond acceptors (Lipinski definition) is 3. The van der Waals surface area contributed by atoms with Crippen LogP contribution in [0.1, 0.15) is 31.7 Å². The number of phenols is 1. The molecule has 1 aromatic carbocycles. The highest BCUT2D eigenvalue weighted by molar-refractivity contribution is 5.25. The number of nitrogens with one attached hydrogen (secondary N) is 1. The fraction of sp³-hybridized carbons (Fsp3) is 0.625. The van der Waals surface area contributed by atoms with E-state index in [0.717, 1.165) is 38.5 Å². The van der Waals surface area contributed by atoms with Crippen molar-refractivity contribution in [2.75, 3.05) is 19.8 Å². The molecule has 106 valence electrons. The van der Waals surface area contributed by atoms with Crippen LogP contribution in [-0.2, 0) is 11.2 Å². The van der Waals surface area contributed by atoms with E-state index in [1.807, 2.05) is 12.1 Å². The zero-order chi connectivity index (χ0) is 13.5. The van der Waals surface area contributed by atoms with Crippen LogP contribution in [-0.4, -0.2) is 30.9 Å². The maximum Gasteiger partial charge on any atom is 0.115 e. The smallest absolute Gasteiger partial charge is 0.115 e. The predicted octanol–water partition coefficient (Wildman–Crippen LogP) is 2.73. The maximum absolute atomic E-state index is 9.24. The Bertz CT molecular complexity index is 358. The van der Waals surface area contributed by atoms with E-state index in [1.54, 1.807) is 12.1 Å². The van der Waals surface area contributed by atoms with Gasteiger partial charge in [0, 0.05) is 19.3 Å². The maximum atomic E-state index is 9.24. The molecule has 1 aliphatic rings. The van der Waals surface area contributed by atoms with Gasteiger partial charge in [-0.15, -0.1) is 0 Å². The minimum Gasteiger partial charge on any atom is -0.508 e. The first-order valence-corrected chi connectivity index (χ1v) is 7.33. The van der Waals surface area contributed by atoms with Gasteiger partial charge in [0.25, 0.3) is 0 Å². The largest absolute Gasteiger partial charge is 0.508 e. The average molecular weight is 263 g/mol. The van der Waals surface area contributed by atoms with Crippen molar-refractivity contribution in [3.05, 3.63) is 29.8 Å². The van der Waals surface area contributed by atoms with Crippen molar-refractivity contribution in [2.24, 2.45) is 5.92 Å². The van der Waals surface area contributed by atoms with Crippen LogP contribution >= 0.6 is 0 Å². The normalized spacial score (nSPS) is 18.4. The molecule has 1 aromatic rings. The molecule has 2 N–H and O–H groups in total. The van der Waals surface area contributed by atoms with Gasteiger partial charge in [0.15, 0.2) is 0 Å². The molecule has 0 bridgehead atoms. The SMILES string of the molecule is CC(CCc1ccc(O)cc1)NCC1CCOCC1. The molecule has 3 nitrogen and oxygen atoms in total. The predicted molar refractivity (Wildman–Crippen MR) is 77.4 cm³/mol. The van der Waals surface area contributed by atoms with Crippen LogP contribution in [0.15, 0.2) is 24.3 Å². The first kappa shape index (κ1) is 14.4. The Kier molecular flexibility index (Phi) is 5.67. The molecule has 1 atom stereocenters. The third-order valence-electron chi connectivity index (χ3n) is 3.90. The summed E-state index contributed by atoms with van der Waals surface area (Å²) in [5.41, 5.74) is 1.29. The fourth-order valence-electron chi connectivity index (χ4n) is 2.47. The van der Waals surface area contributed by atoms with Gasteiger partial charge in [-0.2, -0.15) is 0 Å². The standard InChI is InChI=1S/C16H25NO2/c1-13(17-12-15-8-10-19-11-9-15)2-3-14-4-6-16(18)7-5-14/h4-7,13,15,17-18H,2-3,8-12H2,1H3. The Hall–Kier alpha value is -1.06. The Balaban J connectivity index is 1.63. The van der Waals surface area contributed by atoms with E-state index >= 15 is 0 Å². The highest BCUT2D eigenvalue weighted by atomic mass is 16.5. The Labute approximate surface area is 116 Å². The molecule has 0 spiro atoms. The molecule has 2 rings (SSSR count). The topological polar surface area (TPSA) is 41.5 Å². The summed E-state index contributed by atoms with van der Waals surface area (Å²) in [6.07, 6.45) is 4.57. The first-order valence-electron chi connectivity index (χ1n) is 7.33. The second-order valence-electron chi connectivity index (χ2n) is 5.57. The summed E-state index contributed by atoms with van der Waals surface area (Å²) in [5, 5.41) is 12.9. The van der Waals surface area contributed by atoms with Gasteiger partial charge < -0.3 is 15.2 Å². The van der Waals surface area contributed by atoms with Gasteiger partial charge in [0.1, 0.15) is 5.75 Å². The molecular formula is C16H25NO2. The van der Waals surface area contributed by atoms with Crippen molar-refractivity contribution in [1.29, 1.82) is 0 Å². The summed E-state index contributed by atoms with van der Waals surface area (Å²) in [7, 11) is 0. The van der Waals surface area contributed by atoms with Crippen LogP contribution in [0.3, 0.4) is 0 Å². The van der Waals surface area contributed by atoms with Gasteiger partial charge in [-0.25, -0.2) is 0 Å². The number of ether oxygens (including phenoxy) is 1. The summed E-state index contributed by atoms with van der Waals surface area (Å²) >= 11 is 0. The van der Waals surface area contributed by atoms with E-state index < -0.39 is 0 Å². The average Bonchev–Trinajstić information content (AvgIpc) is 2.45. The number of phenolic OH excluding ortho intramolecular Hbond substituents is 1. The van der Waals surface area contributed by atoms with Gasteiger partial charge in [-0.3, -0.25) is 0 Å². The quantitative estimate of drug-likeness (QED) is 0.829. The molecule has 1 unspecified atom stereocenters. The van der Waals surface area contributed by atoms with Crippen molar-refractivity contribution >= 4 is 0 Å². The van der Waals surface area contributed by atoms with E-state index in [-0.39, 0.29) is 0 Å². The van der Waals surface area contributed by atoms with E-state index in [1.165, 1.54) is 18.4 Å². The number of rotatable bonds is 6. The lowest BCUT2D eigenvalue weighted by Crippen LogP contribution is -2.33. The minimum absolute atomic E-state index is 0.342. The minimum atomic E-state index is 0.342. The van der Waals surface area contributed by atoms with Gasteiger partial charge >= 0.3 is 0 Å². The Morgan fingerprint density at radius 2 is 1.95 bits per heavy atom.